The van der Waals surface area contributed by atoms with Crippen molar-refractivity contribution in [1.29, 1.82) is 0 Å². The topological polar surface area (TPSA) is 61.9 Å². The van der Waals surface area contributed by atoms with Crippen LogP contribution in [0.25, 0.3) is 0 Å². The van der Waals surface area contributed by atoms with Gasteiger partial charge in [-0.2, -0.15) is 0 Å². The summed E-state index contributed by atoms with van der Waals surface area (Å²) in [6, 6.07) is 14.3. The molecule has 1 heterocycles. The van der Waals surface area contributed by atoms with Gasteiger partial charge < -0.3 is 19.9 Å². The highest BCUT2D eigenvalue weighted by molar-refractivity contribution is 5.91. The van der Waals surface area contributed by atoms with Crippen molar-refractivity contribution in [3.63, 3.8) is 0 Å². The Kier molecular flexibility index (Phi) is 6.98. The molecule has 6 heteroatoms. The van der Waals surface area contributed by atoms with Crippen LogP contribution in [0, 0.1) is 6.92 Å². The number of anilines is 1. The average Bonchev–Trinajstić information content (AvgIpc) is 3.01. The molecule has 0 saturated heterocycles. The van der Waals surface area contributed by atoms with E-state index in [0.29, 0.717) is 26.2 Å². The minimum absolute atomic E-state index is 0.00599. The third-order valence-corrected chi connectivity index (χ3v) is 6.39. The average molecular weight is 436 g/mol. The fourth-order valence-electron chi connectivity index (χ4n) is 4.52. The molecule has 1 saturated carbocycles. The second-order valence-electron chi connectivity index (χ2n) is 8.94. The van der Waals surface area contributed by atoms with Crippen molar-refractivity contribution in [2.24, 2.45) is 0 Å². The number of hydrogen-bond donors (Lipinski definition) is 1. The fourth-order valence-corrected chi connectivity index (χ4v) is 4.52. The molecule has 0 atom stereocenters. The van der Waals surface area contributed by atoms with Gasteiger partial charge in [0.05, 0.1) is 19.6 Å². The first kappa shape index (κ1) is 22.2. The van der Waals surface area contributed by atoms with Crippen molar-refractivity contribution in [2.75, 3.05) is 18.1 Å². The number of hydrogen-bond acceptors (Lipinski definition) is 3. The Morgan fingerprint density at radius 1 is 1.09 bits per heavy atom. The predicted octanol–water partition coefficient (Wildman–Crippen LogP) is 4.78. The highest BCUT2D eigenvalue weighted by atomic mass is 16.5. The van der Waals surface area contributed by atoms with Gasteiger partial charge in [0.15, 0.2) is 0 Å². The third-order valence-electron chi connectivity index (χ3n) is 6.39. The van der Waals surface area contributed by atoms with E-state index in [9.17, 15) is 9.59 Å². The van der Waals surface area contributed by atoms with Gasteiger partial charge in [-0.3, -0.25) is 4.79 Å². The van der Waals surface area contributed by atoms with E-state index in [1.165, 1.54) is 19.3 Å². The Hall–Kier alpha value is -3.02. The van der Waals surface area contributed by atoms with Crippen LogP contribution in [-0.2, 0) is 17.9 Å². The second-order valence-corrected chi connectivity index (χ2v) is 8.94. The summed E-state index contributed by atoms with van der Waals surface area (Å²) in [6.45, 7) is 5.64. The summed E-state index contributed by atoms with van der Waals surface area (Å²) in [6.07, 6.45) is 5.77. The zero-order chi connectivity index (χ0) is 22.5. The van der Waals surface area contributed by atoms with Crippen molar-refractivity contribution in [3.8, 4) is 5.75 Å². The summed E-state index contributed by atoms with van der Waals surface area (Å²) >= 11 is 0. The molecule has 170 valence electrons. The molecule has 0 radical (unpaired) electrons. The molecule has 0 spiro atoms. The number of nitrogens with one attached hydrogen (secondary N) is 1. The monoisotopic (exact) mass is 435 g/mol. The first-order valence-corrected chi connectivity index (χ1v) is 11.6. The van der Waals surface area contributed by atoms with Gasteiger partial charge in [0.1, 0.15) is 12.4 Å². The van der Waals surface area contributed by atoms with Crippen LogP contribution in [0.15, 0.2) is 42.5 Å². The van der Waals surface area contributed by atoms with E-state index in [1.807, 2.05) is 48.2 Å². The van der Waals surface area contributed by atoms with Gasteiger partial charge in [0, 0.05) is 24.2 Å². The molecule has 3 amide bonds. The number of benzene rings is 2. The van der Waals surface area contributed by atoms with Crippen LogP contribution >= 0.6 is 0 Å². The fraction of sp³-hybridized carbons (Fsp3) is 0.462. The summed E-state index contributed by atoms with van der Waals surface area (Å²) in [5, 5.41) is 3.21. The molecule has 6 nitrogen and oxygen atoms in total. The number of carbonyl (C=O) groups excluding carboxylic acids is 2. The van der Waals surface area contributed by atoms with E-state index < -0.39 is 0 Å². The molecule has 1 aliphatic heterocycles. The molecule has 1 fully saturated rings. The molecule has 1 N–H and O–H groups in total. The number of rotatable bonds is 4. The maximum Gasteiger partial charge on any atom is 0.318 e. The first-order chi connectivity index (χ1) is 15.5. The van der Waals surface area contributed by atoms with Crippen molar-refractivity contribution in [2.45, 2.75) is 65.1 Å². The van der Waals surface area contributed by atoms with Crippen LogP contribution < -0.4 is 15.0 Å². The van der Waals surface area contributed by atoms with Crippen LogP contribution in [0.3, 0.4) is 0 Å². The first-order valence-electron chi connectivity index (χ1n) is 11.6. The molecule has 0 aromatic heterocycles. The minimum Gasteiger partial charge on any atom is -0.491 e. The smallest absolute Gasteiger partial charge is 0.318 e. The second kappa shape index (κ2) is 10.1. The molecule has 4 rings (SSSR count). The summed E-state index contributed by atoms with van der Waals surface area (Å²) < 4.78 is 5.92. The summed E-state index contributed by atoms with van der Waals surface area (Å²) in [7, 11) is 0. The maximum atomic E-state index is 12.9. The molecule has 0 unspecified atom stereocenters. The predicted molar refractivity (Wildman–Crippen MR) is 126 cm³/mol. The normalized spacial score (nSPS) is 16.5. The van der Waals surface area contributed by atoms with Crippen molar-refractivity contribution < 1.29 is 14.3 Å². The van der Waals surface area contributed by atoms with Gasteiger partial charge in [-0.05, 0) is 49.6 Å². The quantitative estimate of drug-likeness (QED) is 0.751. The Morgan fingerprint density at radius 2 is 1.84 bits per heavy atom. The van der Waals surface area contributed by atoms with Gasteiger partial charge in [-0.1, -0.05) is 43.0 Å². The van der Waals surface area contributed by atoms with E-state index in [2.05, 4.69) is 11.4 Å². The molecule has 2 aliphatic rings. The third kappa shape index (κ3) is 5.42. The lowest BCUT2D eigenvalue weighted by atomic mass is 9.96. The number of urea groups is 1. The zero-order valence-electron chi connectivity index (χ0n) is 19.1. The van der Waals surface area contributed by atoms with Gasteiger partial charge in [-0.15, -0.1) is 0 Å². The molecular formula is C26H33N3O3. The SMILES string of the molecule is CC(=O)N(Cc1ccc2c(c1)CN(C(=O)NC1CCCCC1)CCO2)c1ccc(C)cc1. The number of carbonyl (C=O) groups is 2. The number of aryl methyl sites for hydroxylation is 1. The number of ether oxygens (including phenoxy) is 1. The lowest BCUT2D eigenvalue weighted by molar-refractivity contribution is -0.116. The van der Waals surface area contributed by atoms with E-state index in [1.54, 1.807) is 11.8 Å². The number of nitrogens with zero attached hydrogens (tertiary/aromatic N) is 2. The lowest BCUT2D eigenvalue weighted by Gasteiger charge is -2.27. The van der Waals surface area contributed by atoms with Crippen LogP contribution in [0.2, 0.25) is 0 Å². The van der Waals surface area contributed by atoms with Crippen LogP contribution in [0.4, 0.5) is 10.5 Å². The van der Waals surface area contributed by atoms with Gasteiger partial charge >= 0.3 is 6.03 Å². The van der Waals surface area contributed by atoms with E-state index in [0.717, 1.165) is 41.0 Å². The largest absolute Gasteiger partial charge is 0.491 e. The van der Waals surface area contributed by atoms with E-state index >= 15 is 0 Å². The number of fused-ring (bicyclic) bond motifs is 1. The molecule has 32 heavy (non-hydrogen) atoms. The molecule has 2 aromatic carbocycles. The zero-order valence-corrected chi connectivity index (χ0v) is 19.1. The van der Waals surface area contributed by atoms with Gasteiger partial charge in [0.25, 0.3) is 0 Å². The molecule has 0 bridgehead atoms. The van der Waals surface area contributed by atoms with Crippen LogP contribution in [0.5, 0.6) is 5.75 Å². The highest BCUT2D eigenvalue weighted by Crippen LogP contribution is 2.27. The Bertz CT molecular complexity index is 951. The molecule has 2 aromatic rings. The summed E-state index contributed by atoms with van der Waals surface area (Å²) in [4.78, 5) is 28.9. The standard InChI is InChI=1S/C26H33N3O3/c1-19-8-11-24(12-9-19)29(20(2)30)17-21-10-13-25-22(16-21)18-28(14-15-32-25)26(31)27-23-6-4-3-5-7-23/h8-13,16,23H,3-7,14-15,17-18H2,1-2H3,(H,27,31). The Balaban J connectivity index is 1.48. The van der Waals surface area contributed by atoms with Crippen molar-refractivity contribution >= 4 is 17.6 Å². The van der Waals surface area contributed by atoms with Crippen molar-refractivity contribution in [1.82, 2.24) is 10.2 Å². The van der Waals surface area contributed by atoms with Crippen molar-refractivity contribution in [3.05, 3.63) is 59.2 Å². The maximum absolute atomic E-state index is 12.9. The Morgan fingerprint density at radius 3 is 2.56 bits per heavy atom. The van der Waals surface area contributed by atoms with Gasteiger partial charge in [0.2, 0.25) is 5.91 Å². The highest BCUT2D eigenvalue weighted by Gasteiger charge is 2.23. The number of amides is 3. The lowest BCUT2D eigenvalue weighted by Crippen LogP contribution is -2.45. The molecule has 1 aliphatic carbocycles. The summed E-state index contributed by atoms with van der Waals surface area (Å²) in [5.74, 6) is 0.806. The molecular weight excluding hydrogens is 402 g/mol. The van der Waals surface area contributed by atoms with Crippen LogP contribution in [0.1, 0.15) is 55.7 Å². The minimum atomic E-state index is -0.0104. The summed E-state index contributed by atoms with van der Waals surface area (Å²) in [5.41, 5.74) is 4.03. The van der Waals surface area contributed by atoms with E-state index in [-0.39, 0.29) is 18.0 Å². The van der Waals surface area contributed by atoms with Crippen LogP contribution in [-0.4, -0.2) is 36.0 Å². The van der Waals surface area contributed by atoms with Gasteiger partial charge in [-0.25, -0.2) is 4.79 Å². The Labute approximate surface area is 190 Å². The van der Waals surface area contributed by atoms with E-state index in [4.69, 9.17) is 4.74 Å².